The first-order valence-corrected chi connectivity index (χ1v) is 8.37. The summed E-state index contributed by atoms with van der Waals surface area (Å²) in [5, 5.41) is 0.217. The Labute approximate surface area is 125 Å². The third kappa shape index (κ3) is 2.37. The lowest BCUT2D eigenvalue weighted by Gasteiger charge is -2.44. The number of hydrogen-bond acceptors (Lipinski definition) is 3. The van der Waals surface area contributed by atoms with Crippen molar-refractivity contribution in [2.24, 2.45) is 11.8 Å². The van der Waals surface area contributed by atoms with E-state index in [2.05, 4.69) is 26.0 Å². The molecule has 3 heteroatoms. The molecule has 1 aromatic rings. The second kappa shape index (κ2) is 5.10. The second-order valence-corrected chi connectivity index (χ2v) is 7.77. The van der Waals surface area contributed by atoms with E-state index >= 15 is 0 Å². The lowest BCUT2D eigenvalue weighted by molar-refractivity contribution is -0.109. The van der Waals surface area contributed by atoms with E-state index in [1.165, 1.54) is 35.1 Å². The van der Waals surface area contributed by atoms with Gasteiger partial charge in [0.25, 0.3) is 0 Å². The van der Waals surface area contributed by atoms with Gasteiger partial charge in [0.1, 0.15) is 5.76 Å². The average molecular weight is 290 g/mol. The van der Waals surface area contributed by atoms with Crippen molar-refractivity contribution >= 4 is 16.9 Å². The maximum Gasteiger partial charge on any atom is 0.186 e. The van der Waals surface area contributed by atoms with E-state index in [-0.39, 0.29) is 10.5 Å². The van der Waals surface area contributed by atoms with Crippen LogP contribution in [0.1, 0.15) is 44.9 Å². The Kier molecular flexibility index (Phi) is 3.57. The highest BCUT2D eigenvalue weighted by atomic mass is 32.2. The first-order chi connectivity index (χ1) is 9.48. The highest BCUT2D eigenvalue weighted by Crippen LogP contribution is 2.49. The maximum absolute atomic E-state index is 11.1. The Balaban J connectivity index is 1.84. The number of fused-ring (bicyclic) bond motifs is 2. The molecule has 2 aliphatic carbocycles. The van der Waals surface area contributed by atoms with E-state index in [0.717, 1.165) is 18.6 Å². The number of carbonyl (C=O) groups is 1. The minimum atomic E-state index is 0.123. The normalized spacial score (nSPS) is 27.4. The van der Waals surface area contributed by atoms with Crippen LogP contribution in [0.5, 0.6) is 0 Å². The van der Waals surface area contributed by atoms with Crippen LogP contribution in [-0.2, 0) is 16.6 Å². The average Bonchev–Trinajstić information content (AvgIpc) is 2.85. The molecule has 2 nitrogen and oxygen atoms in total. The Morgan fingerprint density at radius 1 is 1.50 bits per heavy atom. The van der Waals surface area contributed by atoms with E-state index in [1.807, 2.05) is 6.26 Å². The van der Waals surface area contributed by atoms with Crippen molar-refractivity contribution in [2.45, 2.75) is 45.4 Å². The molecule has 20 heavy (non-hydrogen) atoms. The van der Waals surface area contributed by atoms with E-state index in [1.54, 1.807) is 6.92 Å². The molecule has 2 aliphatic rings. The molecule has 0 aromatic carbocycles. The first kappa shape index (κ1) is 14.0. The molecule has 2 atom stereocenters. The molecule has 0 fully saturated rings. The molecule has 0 saturated carbocycles. The fourth-order valence-corrected chi connectivity index (χ4v) is 4.58. The Hall–Kier alpha value is -0.960. The number of allylic oxidation sites excluding steroid dienone is 1. The van der Waals surface area contributed by atoms with Crippen LogP contribution in [0, 0.1) is 11.8 Å². The van der Waals surface area contributed by atoms with Gasteiger partial charge in [-0.05, 0) is 42.7 Å². The summed E-state index contributed by atoms with van der Waals surface area (Å²) in [6.45, 7) is 6.28. The number of hydrogen-bond donors (Lipinski definition) is 0. The van der Waals surface area contributed by atoms with Crippen LogP contribution in [0.4, 0.5) is 0 Å². The molecular weight excluding hydrogens is 268 g/mol. The predicted molar refractivity (Wildman–Crippen MR) is 82.9 cm³/mol. The van der Waals surface area contributed by atoms with Crippen molar-refractivity contribution < 1.29 is 9.21 Å². The van der Waals surface area contributed by atoms with E-state index < -0.39 is 0 Å². The van der Waals surface area contributed by atoms with Gasteiger partial charge in [-0.1, -0.05) is 37.3 Å². The highest BCUT2D eigenvalue weighted by Gasteiger charge is 2.44. The molecule has 0 N–H and O–H groups in total. The summed E-state index contributed by atoms with van der Waals surface area (Å²) in [5.74, 6) is 3.32. The van der Waals surface area contributed by atoms with Gasteiger partial charge >= 0.3 is 0 Å². The maximum atomic E-state index is 11.1. The third-order valence-corrected chi connectivity index (χ3v) is 5.84. The fraction of sp³-hybridized carbons (Fsp3) is 0.588. The Morgan fingerprint density at radius 3 is 3.05 bits per heavy atom. The zero-order chi connectivity index (χ0) is 14.3. The van der Waals surface area contributed by atoms with Crippen molar-refractivity contribution in [1.82, 2.24) is 0 Å². The SMILES string of the molecule is CC(=O)SCC1=C[C@@H]2Cc3ccoc3C(C)(C)[C@@H]2CC1. The molecule has 0 bridgehead atoms. The Morgan fingerprint density at radius 2 is 2.30 bits per heavy atom. The van der Waals surface area contributed by atoms with Gasteiger partial charge < -0.3 is 4.42 Å². The number of furan rings is 1. The molecular formula is C17H22O2S. The van der Waals surface area contributed by atoms with Gasteiger partial charge in [0.2, 0.25) is 0 Å². The zero-order valence-electron chi connectivity index (χ0n) is 12.4. The number of carbonyl (C=O) groups excluding carboxylic acids is 1. The molecule has 0 radical (unpaired) electrons. The van der Waals surface area contributed by atoms with Crippen LogP contribution in [0.15, 0.2) is 28.4 Å². The molecule has 0 aliphatic heterocycles. The van der Waals surface area contributed by atoms with Gasteiger partial charge in [-0.25, -0.2) is 0 Å². The van der Waals surface area contributed by atoms with Gasteiger partial charge in [0.15, 0.2) is 5.12 Å². The van der Waals surface area contributed by atoms with Gasteiger partial charge in [-0.15, -0.1) is 0 Å². The monoisotopic (exact) mass is 290 g/mol. The zero-order valence-corrected chi connectivity index (χ0v) is 13.3. The van der Waals surface area contributed by atoms with Gasteiger partial charge in [0.05, 0.1) is 6.26 Å². The molecule has 0 spiro atoms. The standard InChI is InChI=1S/C17H22O2S/c1-11(18)20-10-12-4-5-15-14(8-12)9-13-6-7-19-16(13)17(15,2)3/h6-8,14-15H,4-5,9-10H2,1-3H3/t14-,15-/m1/s1. The highest BCUT2D eigenvalue weighted by molar-refractivity contribution is 8.13. The van der Waals surface area contributed by atoms with Crippen LogP contribution >= 0.6 is 11.8 Å². The van der Waals surface area contributed by atoms with Crippen LogP contribution in [0.25, 0.3) is 0 Å². The minimum Gasteiger partial charge on any atom is -0.468 e. The number of rotatable bonds is 2. The molecule has 1 heterocycles. The van der Waals surface area contributed by atoms with E-state index in [4.69, 9.17) is 4.42 Å². The quantitative estimate of drug-likeness (QED) is 0.759. The lowest BCUT2D eigenvalue weighted by Crippen LogP contribution is -2.40. The molecule has 0 unspecified atom stereocenters. The van der Waals surface area contributed by atoms with Crippen molar-refractivity contribution in [3.05, 3.63) is 35.3 Å². The number of thioether (sulfide) groups is 1. The Bertz CT molecular complexity index is 553. The fourth-order valence-electron chi connectivity index (χ4n) is 3.95. The molecule has 108 valence electrons. The second-order valence-electron chi connectivity index (χ2n) is 6.61. The van der Waals surface area contributed by atoms with Crippen molar-refractivity contribution in [3.8, 4) is 0 Å². The van der Waals surface area contributed by atoms with Gasteiger partial charge in [-0.2, -0.15) is 0 Å². The first-order valence-electron chi connectivity index (χ1n) is 7.38. The smallest absolute Gasteiger partial charge is 0.186 e. The topological polar surface area (TPSA) is 30.2 Å². The summed E-state index contributed by atoms with van der Waals surface area (Å²) in [4.78, 5) is 11.1. The van der Waals surface area contributed by atoms with Crippen LogP contribution in [-0.4, -0.2) is 10.9 Å². The van der Waals surface area contributed by atoms with Crippen LogP contribution in [0.2, 0.25) is 0 Å². The summed E-state index contributed by atoms with van der Waals surface area (Å²) in [6.07, 6.45) is 7.71. The van der Waals surface area contributed by atoms with Gasteiger partial charge in [-0.3, -0.25) is 4.79 Å². The van der Waals surface area contributed by atoms with Crippen LogP contribution in [0.3, 0.4) is 0 Å². The molecule has 3 rings (SSSR count). The molecule has 0 saturated heterocycles. The van der Waals surface area contributed by atoms with Crippen molar-refractivity contribution in [3.63, 3.8) is 0 Å². The summed E-state index contributed by atoms with van der Waals surface area (Å²) in [7, 11) is 0. The molecule has 1 aromatic heterocycles. The summed E-state index contributed by atoms with van der Waals surface area (Å²) >= 11 is 1.44. The van der Waals surface area contributed by atoms with Crippen molar-refractivity contribution in [2.75, 3.05) is 5.75 Å². The van der Waals surface area contributed by atoms with Crippen LogP contribution < -0.4 is 0 Å². The predicted octanol–water partition coefficient (Wildman–Crippen LogP) is 4.35. The summed E-state index contributed by atoms with van der Waals surface area (Å²) in [5.41, 5.74) is 2.94. The summed E-state index contributed by atoms with van der Waals surface area (Å²) in [6, 6.07) is 2.12. The lowest BCUT2D eigenvalue weighted by atomic mass is 9.60. The minimum absolute atomic E-state index is 0.123. The summed E-state index contributed by atoms with van der Waals surface area (Å²) < 4.78 is 5.76. The van der Waals surface area contributed by atoms with Gasteiger partial charge in [0, 0.05) is 18.1 Å². The third-order valence-electron chi connectivity index (χ3n) is 4.92. The largest absolute Gasteiger partial charge is 0.468 e. The van der Waals surface area contributed by atoms with E-state index in [0.29, 0.717) is 11.8 Å². The van der Waals surface area contributed by atoms with Crippen molar-refractivity contribution in [1.29, 1.82) is 0 Å². The van der Waals surface area contributed by atoms with E-state index in [9.17, 15) is 4.79 Å². The molecule has 0 amide bonds.